The first-order chi connectivity index (χ1) is 13.8. The molecule has 0 spiro atoms. The minimum absolute atomic E-state index is 0.0477. The number of aromatic nitrogens is 3. The molecule has 0 unspecified atom stereocenters. The van der Waals surface area contributed by atoms with Gasteiger partial charge in [0.25, 0.3) is 0 Å². The highest BCUT2D eigenvalue weighted by Gasteiger charge is 2.32. The van der Waals surface area contributed by atoms with E-state index in [9.17, 15) is 18.3 Å². The largest absolute Gasteiger partial charge is 0.507 e. The van der Waals surface area contributed by atoms with Gasteiger partial charge in [-0.2, -0.15) is 22.8 Å². The number of phenols is 1. The second-order valence-corrected chi connectivity index (χ2v) is 6.62. The Bertz CT molecular complexity index is 1190. The lowest BCUT2D eigenvalue weighted by Gasteiger charge is -2.15. The average molecular weight is 396 g/mol. The maximum atomic E-state index is 13.3. The Labute approximate surface area is 165 Å². The molecule has 0 atom stereocenters. The minimum Gasteiger partial charge on any atom is -0.507 e. The van der Waals surface area contributed by atoms with Gasteiger partial charge in [-0.3, -0.25) is 0 Å². The number of benzene rings is 2. The fraction of sp³-hybridized carbons (Fsp3) is 0.100. The average Bonchev–Trinajstić information content (AvgIpc) is 3.07. The molecule has 4 aromatic rings. The van der Waals surface area contributed by atoms with Crippen molar-refractivity contribution in [1.29, 1.82) is 0 Å². The number of anilines is 1. The molecule has 2 heterocycles. The topological polar surface area (TPSA) is 62.5 Å². The first kappa shape index (κ1) is 18.9. The fourth-order valence-electron chi connectivity index (χ4n) is 3.16. The van der Waals surface area contributed by atoms with Gasteiger partial charge in [0, 0.05) is 24.4 Å². The summed E-state index contributed by atoms with van der Waals surface area (Å²) in [7, 11) is 1.84. The van der Waals surface area contributed by atoms with Crippen LogP contribution in [-0.4, -0.2) is 27.6 Å². The second-order valence-electron chi connectivity index (χ2n) is 6.62. The number of hydrogen-bond acceptors (Lipinski definition) is 4. The van der Waals surface area contributed by atoms with E-state index in [1.165, 1.54) is 16.6 Å². The van der Waals surface area contributed by atoms with Gasteiger partial charge in [-0.25, -0.2) is 4.98 Å². The molecule has 29 heavy (non-hydrogen) atoms. The molecule has 0 saturated carbocycles. The SMILES string of the molecule is Bc1cnn2c(NCc3ccccc3C(F)(F)F)cc(-c3ccccc3O)nc12. The van der Waals surface area contributed by atoms with Crippen LogP contribution >= 0.6 is 0 Å². The predicted molar refractivity (Wildman–Crippen MR) is 107 cm³/mol. The zero-order valence-corrected chi connectivity index (χ0v) is 15.4. The van der Waals surface area contributed by atoms with Gasteiger partial charge in [-0.15, -0.1) is 0 Å². The summed E-state index contributed by atoms with van der Waals surface area (Å²) in [5, 5.41) is 17.5. The molecular formula is C20H16BF3N4O. The molecule has 0 saturated heterocycles. The van der Waals surface area contributed by atoms with Gasteiger partial charge >= 0.3 is 6.18 Å². The van der Waals surface area contributed by atoms with Crippen molar-refractivity contribution in [3.8, 4) is 17.0 Å². The molecule has 2 aromatic carbocycles. The molecule has 146 valence electrons. The Morgan fingerprint density at radius 3 is 2.55 bits per heavy atom. The van der Waals surface area contributed by atoms with Crippen molar-refractivity contribution in [2.75, 3.05) is 5.32 Å². The van der Waals surface area contributed by atoms with Crippen molar-refractivity contribution in [2.24, 2.45) is 0 Å². The summed E-state index contributed by atoms with van der Waals surface area (Å²) in [5.74, 6) is 0.535. The molecule has 4 rings (SSSR count). The molecule has 0 radical (unpaired) electrons. The molecule has 0 aliphatic carbocycles. The van der Waals surface area contributed by atoms with Crippen LogP contribution in [0.1, 0.15) is 11.1 Å². The van der Waals surface area contributed by atoms with Crippen molar-refractivity contribution in [3.05, 3.63) is 71.9 Å². The van der Waals surface area contributed by atoms with Gasteiger partial charge < -0.3 is 10.4 Å². The lowest BCUT2D eigenvalue weighted by molar-refractivity contribution is -0.138. The van der Waals surface area contributed by atoms with Gasteiger partial charge in [-0.1, -0.05) is 30.3 Å². The summed E-state index contributed by atoms with van der Waals surface area (Å²) in [6.07, 6.45) is -2.80. The number of alkyl halides is 3. The van der Waals surface area contributed by atoms with Crippen LogP contribution in [0.5, 0.6) is 5.75 Å². The monoisotopic (exact) mass is 396 g/mol. The molecule has 0 amide bonds. The number of nitrogens with one attached hydrogen (secondary N) is 1. The summed E-state index contributed by atoms with van der Waals surface area (Å²) in [6, 6.07) is 13.8. The third-order valence-corrected chi connectivity index (χ3v) is 4.61. The summed E-state index contributed by atoms with van der Waals surface area (Å²) in [4.78, 5) is 4.56. The van der Waals surface area contributed by atoms with E-state index in [4.69, 9.17) is 0 Å². The lowest BCUT2D eigenvalue weighted by Crippen LogP contribution is -2.13. The van der Waals surface area contributed by atoms with Gasteiger partial charge in [0.15, 0.2) is 5.65 Å². The Kier molecular flexibility index (Phi) is 4.66. The molecule has 2 aromatic heterocycles. The lowest BCUT2D eigenvalue weighted by atomic mass is 10.0. The van der Waals surface area contributed by atoms with E-state index in [2.05, 4.69) is 15.4 Å². The zero-order chi connectivity index (χ0) is 20.6. The Balaban J connectivity index is 1.76. The van der Waals surface area contributed by atoms with Crippen molar-refractivity contribution < 1.29 is 18.3 Å². The van der Waals surface area contributed by atoms with E-state index in [-0.39, 0.29) is 17.9 Å². The highest BCUT2D eigenvalue weighted by molar-refractivity contribution is 6.36. The third kappa shape index (κ3) is 3.63. The highest BCUT2D eigenvalue weighted by atomic mass is 19.4. The van der Waals surface area contributed by atoms with Gasteiger partial charge in [0.05, 0.1) is 11.3 Å². The molecule has 0 aliphatic heterocycles. The minimum atomic E-state index is -4.44. The molecule has 5 nitrogen and oxygen atoms in total. The number of aromatic hydroxyl groups is 1. The smallest absolute Gasteiger partial charge is 0.416 e. The molecular weight excluding hydrogens is 380 g/mol. The van der Waals surface area contributed by atoms with E-state index in [0.717, 1.165) is 11.5 Å². The van der Waals surface area contributed by atoms with Crippen LogP contribution in [0.4, 0.5) is 19.0 Å². The van der Waals surface area contributed by atoms with E-state index in [0.29, 0.717) is 22.7 Å². The van der Waals surface area contributed by atoms with E-state index in [1.54, 1.807) is 42.6 Å². The first-order valence-electron chi connectivity index (χ1n) is 8.87. The molecule has 0 fully saturated rings. The number of hydrogen-bond donors (Lipinski definition) is 2. The first-order valence-corrected chi connectivity index (χ1v) is 8.87. The van der Waals surface area contributed by atoms with Crippen molar-refractivity contribution in [1.82, 2.24) is 14.6 Å². The van der Waals surface area contributed by atoms with E-state index in [1.807, 2.05) is 7.85 Å². The quantitative estimate of drug-likeness (QED) is 0.521. The van der Waals surface area contributed by atoms with Crippen LogP contribution < -0.4 is 10.8 Å². The van der Waals surface area contributed by atoms with Gasteiger partial charge in [-0.05, 0) is 29.2 Å². The summed E-state index contributed by atoms with van der Waals surface area (Å²) < 4.78 is 41.4. The Hall–Kier alpha value is -3.49. The molecule has 2 N–H and O–H groups in total. The normalized spacial score (nSPS) is 11.7. The van der Waals surface area contributed by atoms with Gasteiger partial charge in [0.2, 0.25) is 0 Å². The number of phenolic OH excluding ortho intramolecular Hbond substituents is 1. The van der Waals surface area contributed by atoms with Crippen molar-refractivity contribution >= 4 is 24.8 Å². The van der Waals surface area contributed by atoms with Crippen molar-refractivity contribution in [3.63, 3.8) is 0 Å². The number of para-hydroxylation sites is 1. The van der Waals surface area contributed by atoms with Crippen LogP contribution in [-0.2, 0) is 12.7 Å². The maximum absolute atomic E-state index is 13.3. The zero-order valence-electron chi connectivity index (χ0n) is 15.4. The highest BCUT2D eigenvalue weighted by Crippen LogP contribution is 2.33. The van der Waals surface area contributed by atoms with E-state index < -0.39 is 11.7 Å². The standard InChI is InChI=1S/C20H16BF3N4O/c21-15-11-26-28-18(25-10-12-5-1-3-7-14(12)20(22,23)24)9-16(27-19(15)28)13-6-2-4-8-17(13)29/h1-9,11,25,29H,10,21H2. The number of fused-ring (bicyclic) bond motifs is 1. The third-order valence-electron chi connectivity index (χ3n) is 4.61. The fourth-order valence-corrected chi connectivity index (χ4v) is 3.16. The summed E-state index contributed by atoms with van der Waals surface area (Å²) in [6.45, 7) is -0.0477. The number of nitrogens with zero attached hydrogens (tertiary/aromatic N) is 3. The molecule has 9 heteroatoms. The summed E-state index contributed by atoms with van der Waals surface area (Å²) >= 11 is 0. The molecule has 0 bridgehead atoms. The summed E-state index contributed by atoms with van der Waals surface area (Å²) in [5.41, 5.74) is 1.81. The number of halogens is 3. The Morgan fingerprint density at radius 2 is 1.79 bits per heavy atom. The van der Waals surface area contributed by atoms with Crippen LogP contribution in [0.25, 0.3) is 16.9 Å². The second kappa shape index (κ2) is 7.16. The van der Waals surface area contributed by atoms with E-state index >= 15 is 0 Å². The Morgan fingerprint density at radius 1 is 1.07 bits per heavy atom. The van der Waals surface area contributed by atoms with Crippen LogP contribution in [0.15, 0.2) is 60.8 Å². The molecule has 0 aliphatic rings. The number of rotatable bonds is 4. The van der Waals surface area contributed by atoms with Crippen LogP contribution in [0.3, 0.4) is 0 Å². The maximum Gasteiger partial charge on any atom is 0.416 e. The van der Waals surface area contributed by atoms with Crippen molar-refractivity contribution in [2.45, 2.75) is 12.7 Å². The predicted octanol–water partition coefficient (Wildman–Crippen LogP) is 2.99. The van der Waals surface area contributed by atoms with Crippen LogP contribution in [0.2, 0.25) is 0 Å². The van der Waals surface area contributed by atoms with Crippen LogP contribution in [0, 0.1) is 0 Å². The van der Waals surface area contributed by atoms with Gasteiger partial charge in [0.1, 0.15) is 19.4 Å².